The second-order valence-electron chi connectivity index (χ2n) is 9.05. The highest BCUT2D eigenvalue weighted by Crippen LogP contribution is 2.40. The van der Waals surface area contributed by atoms with Crippen molar-refractivity contribution < 1.29 is 19.7 Å². The lowest BCUT2D eigenvalue weighted by atomic mass is 9.82. The fraction of sp³-hybridized carbons (Fsp3) is 0.957. The van der Waals surface area contributed by atoms with Crippen molar-refractivity contribution in [3.63, 3.8) is 0 Å². The molecule has 0 aliphatic heterocycles. The molecule has 2 N–H and O–H groups in total. The zero-order valence-electron chi connectivity index (χ0n) is 18.6. The summed E-state index contributed by atoms with van der Waals surface area (Å²) in [5.74, 6) is 1.02. The van der Waals surface area contributed by atoms with E-state index in [0.29, 0.717) is 24.2 Å². The molecule has 0 spiro atoms. The molecule has 0 aromatic rings. The smallest absolute Gasteiger partial charge is 0.305 e. The van der Waals surface area contributed by atoms with Gasteiger partial charge in [-0.05, 0) is 50.4 Å². The second-order valence-corrected chi connectivity index (χ2v) is 10.3. The highest BCUT2D eigenvalue weighted by molar-refractivity contribution is 7.99. The molecule has 166 valence electrons. The van der Waals surface area contributed by atoms with E-state index in [1.165, 1.54) is 6.42 Å². The fourth-order valence-corrected chi connectivity index (χ4v) is 5.82. The normalized spacial score (nSPS) is 23.7. The fourth-order valence-electron chi connectivity index (χ4n) is 4.07. The first-order chi connectivity index (χ1) is 13.3. The Morgan fingerprint density at radius 3 is 2.54 bits per heavy atom. The summed E-state index contributed by atoms with van der Waals surface area (Å²) in [7, 11) is 0. The average molecular weight is 417 g/mol. The van der Waals surface area contributed by atoms with Crippen LogP contribution in [0.3, 0.4) is 0 Å². The van der Waals surface area contributed by atoms with Crippen LogP contribution in [0.25, 0.3) is 0 Å². The van der Waals surface area contributed by atoms with Crippen molar-refractivity contribution in [1.29, 1.82) is 0 Å². The Kier molecular flexibility index (Phi) is 12.8. The van der Waals surface area contributed by atoms with Gasteiger partial charge in [0.2, 0.25) is 0 Å². The van der Waals surface area contributed by atoms with Gasteiger partial charge in [-0.1, -0.05) is 52.9 Å². The van der Waals surface area contributed by atoms with Crippen molar-refractivity contribution in [2.45, 2.75) is 116 Å². The highest BCUT2D eigenvalue weighted by atomic mass is 32.2. The maximum absolute atomic E-state index is 11.3. The van der Waals surface area contributed by atoms with Crippen molar-refractivity contribution in [2.24, 2.45) is 11.3 Å². The van der Waals surface area contributed by atoms with Crippen LogP contribution in [-0.4, -0.2) is 46.0 Å². The van der Waals surface area contributed by atoms with Crippen molar-refractivity contribution in [3.05, 3.63) is 0 Å². The summed E-state index contributed by atoms with van der Waals surface area (Å²) in [5, 5.41) is 21.5. The molecule has 0 heterocycles. The monoisotopic (exact) mass is 416 g/mol. The van der Waals surface area contributed by atoms with Gasteiger partial charge in [0.25, 0.3) is 0 Å². The molecule has 4 atom stereocenters. The quantitative estimate of drug-likeness (QED) is 0.279. The average Bonchev–Trinajstić information content (AvgIpc) is 3.00. The van der Waals surface area contributed by atoms with Crippen molar-refractivity contribution in [1.82, 2.24) is 0 Å². The van der Waals surface area contributed by atoms with E-state index in [9.17, 15) is 15.0 Å². The van der Waals surface area contributed by atoms with Crippen LogP contribution < -0.4 is 0 Å². The Morgan fingerprint density at radius 1 is 1.14 bits per heavy atom. The van der Waals surface area contributed by atoms with Gasteiger partial charge >= 0.3 is 5.97 Å². The number of hydrogen-bond donors (Lipinski definition) is 2. The minimum Gasteiger partial charge on any atom is -0.466 e. The number of aliphatic hydroxyl groups excluding tert-OH is 2. The number of aliphatic hydroxyl groups is 2. The first kappa shape index (κ1) is 25.8. The molecular weight excluding hydrogens is 372 g/mol. The Hall–Kier alpha value is -0.260. The van der Waals surface area contributed by atoms with Crippen LogP contribution in [0.1, 0.15) is 98.3 Å². The summed E-state index contributed by atoms with van der Waals surface area (Å²) in [6.07, 6.45) is 10.6. The van der Waals surface area contributed by atoms with E-state index in [2.05, 4.69) is 20.8 Å². The highest BCUT2D eigenvalue weighted by Gasteiger charge is 2.36. The van der Waals surface area contributed by atoms with Gasteiger partial charge in [-0.3, -0.25) is 4.79 Å². The maximum atomic E-state index is 11.3. The van der Waals surface area contributed by atoms with E-state index >= 15 is 0 Å². The minimum atomic E-state index is -0.287. The molecular formula is C23H44O4S. The van der Waals surface area contributed by atoms with Gasteiger partial charge in [-0.15, -0.1) is 0 Å². The van der Waals surface area contributed by atoms with E-state index < -0.39 is 0 Å². The number of rotatable bonds is 15. The number of carbonyl (C=O) groups excluding carboxylic acids is 1. The van der Waals surface area contributed by atoms with Crippen LogP contribution >= 0.6 is 11.8 Å². The number of unbranched alkanes of at least 4 members (excludes halogenated alkanes) is 4. The van der Waals surface area contributed by atoms with E-state index in [1.807, 2.05) is 18.7 Å². The molecule has 0 saturated heterocycles. The van der Waals surface area contributed by atoms with Crippen LogP contribution in [-0.2, 0) is 9.53 Å². The van der Waals surface area contributed by atoms with Gasteiger partial charge in [-0.2, -0.15) is 11.8 Å². The molecule has 5 heteroatoms. The summed E-state index contributed by atoms with van der Waals surface area (Å²) < 4.78 is 4.95. The Balaban J connectivity index is 2.28. The molecule has 1 aliphatic carbocycles. The van der Waals surface area contributed by atoms with Crippen LogP contribution in [0.2, 0.25) is 0 Å². The van der Waals surface area contributed by atoms with E-state index in [-0.39, 0.29) is 23.6 Å². The third-order valence-electron chi connectivity index (χ3n) is 6.24. The van der Waals surface area contributed by atoms with E-state index in [4.69, 9.17) is 4.74 Å². The number of hydrogen-bond acceptors (Lipinski definition) is 5. The first-order valence-electron chi connectivity index (χ1n) is 11.4. The summed E-state index contributed by atoms with van der Waals surface area (Å²) in [6.45, 7) is 8.83. The van der Waals surface area contributed by atoms with Crippen LogP contribution in [0, 0.1) is 11.3 Å². The number of carbonyl (C=O) groups is 1. The molecule has 1 saturated carbocycles. The Labute approximate surface area is 177 Å². The third kappa shape index (κ3) is 9.49. The summed E-state index contributed by atoms with van der Waals surface area (Å²) in [5.41, 5.74) is -0.0331. The summed E-state index contributed by atoms with van der Waals surface area (Å²) in [4.78, 5) is 11.3. The zero-order valence-corrected chi connectivity index (χ0v) is 19.4. The van der Waals surface area contributed by atoms with Gasteiger partial charge in [0, 0.05) is 17.4 Å². The lowest BCUT2D eigenvalue weighted by molar-refractivity contribution is -0.143. The van der Waals surface area contributed by atoms with Crippen LogP contribution in [0.5, 0.6) is 0 Å². The molecule has 0 amide bonds. The topological polar surface area (TPSA) is 66.8 Å². The summed E-state index contributed by atoms with van der Waals surface area (Å²) >= 11 is 1.87. The third-order valence-corrected chi connectivity index (χ3v) is 7.76. The molecule has 28 heavy (non-hydrogen) atoms. The predicted molar refractivity (Wildman–Crippen MR) is 119 cm³/mol. The Bertz CT molecular complexity index is 427. The van der Waals surface area contributed by atoms with E-state index in [0.717, 1.165) is 63.5 Å². The number of thioether (sulfide) groups is 1. The van der Waals surface area contributed by atoms with Gasteiger partial charge in [0.15, 0.2) is 0 Å². The SMILES string of the molecule is CCCCC(C)(C)C(O)CSC1CCC(O)C1CCCCCCC(=O)OCC. The molecule has 4 nitrogen and oxygen atoms in total. The van der Waals surface area contributed by atoms with Crippen LogP contribution in [0.15, 0.2) is 0 Å². The van der Waals surface area contributed by atoms with Crippen molar-refractivity contribution in [2.75, 3.05) is 12.4 Å². The molecule has 0 aromatic carbocycles. The van der Waals surface area contributed by atoms with Gasteiger partial charge in [0.05, 0.1) is 18.8 Å². The number of ether oxygens (including phenoxy) is 1. The molecule has 1 fully saturated rings. The van der Waals surface area contributed by atoms with Crippen molar-refractivity contribution >= 4 is 17.7 Å². The largest absolute Gasteiger partial charge is 0.466 e. The molecule has 0 bridgehead atoms. The Morgan fingerprint density at radius 2 is 1.86 bits per heavy atom. The number of esters is 1. The second kappa shape index (κ2) is 13.9. The zero-order chi connectivity index (χ0) is 21.0. The van der Waals surface area contributed by atoms with Gasteiger partial charge < -0.3 is 14.9 Å². The van der Waals surface area contributed by atoms with Crippen LogP contribution in [0.4, 0.5) is 0 Å². The van der Waals surface area contributed by atoms with Gasteiger partial charge in [0.1, 0.15) is 0 Å². The first-order valence-corrected chi connectivity index (χ1v) is 12.5. The molecule has 1 aliphatic rings. The minimum absolute atomic E-state index is 0.0331. The van der Waals surface area contributed by atoms with Crippen molar-refractivity contribution in [3.8, 4) is 0 Å². The predicted octanol–water partition coefficient (Wildman–Crippen LogP) is 5.34. The standard InChI is InChI=1S/C23H44O4S/c1-5-7-16-23(3,4)21(25)17-28-20-15-14-19(24)18(20)12-10-8-9-11-13-22(26)27-6-2/h18-21,24-25H,5-17H2,1-4H3. The lowest BCUT2D eigenvalue weighted by Gasteiger charge is -2.32. The maximum Gasteiger partial charge on any atom is 0.305 e. The molecule has 4 unspecified atom stereocenters. The molecule has 1 rings (SSSR count). The van der Waals surface area contributed by atoms with Gasteiger partial charge in [-0.25, -0.2) is 0 Å². The molecule has 0 radical (unpaired) electrons. The molecule has 0 aromatic heterocycles. The van der Waals surface area contributed by atoms with E-state index in [1.54, 1.807) is 0 Å². The summed E-state index contributed by atoms with van der Waals surface area (Å²) in [6, 6.07) is 0. The lowest BCUT2D eigenvalue weighted by Crippen LogP contribution is -2.32.